The molecule has 0 saturated heterocycles. The largest absolute Gasteiger partial charge is 0.508 e. The molecule has 0 amide bonds. The third kappa shape index (κ3) is 1.77. The first-order valence-corrected chi connectivity index (χ1v) is 3.04. The molecular weight excluding hydrogens is 147 g/mol. The second-order valence-corrected chi connectivity index (χ2v) is 2.07. The van der Waals surface area contributed by atoms with Gasteiger partial charge in [-0.05, 0) is 17.7 Å². The number of phenolic OH excluding ortho intramolecular Hbond substituents is 1. The highest BCUT2D eigenvalue weighted by molar-refractivity contribution is 5.60. The van der Waals surface area contributed by atoms with Crippen LogP contribution in [-0.4, -0.2) is 11.4 Å². The highest BCUT2D eigenvalue weighted by atomic mass is 19.1. The summed E-state index contributed by atoms with van der Waals surface area (Å²) < 4.78 is 12.5. The average molecular weight is 153 g/mol. The monoisotopic (exact) mass is 153 g/mol. The number of aromatic hydroxyl groups is 1. The molecule has 3 heteroatoms. The van der Waals surface area contributed by atoms with Gasteiger partial charge in [0, 0.05) is 0 Å². The van der Waals surface area contributed by atoms with E-state index in [2.05, 4.69) is 0 Å². The summed E-state index contributed by atoms with van der Waals surface area (Å²) >= 11 is 0. The Balaban J connectivity index is 2.89. The maximum atomic E-state index is 12.5. The Hall–Kier alpha value is -1.38. The van der Waals surface area contributed by atoms with E-state index in [1.165, 1.54) is 30.6 Å². The molecule has 1 aromatic carbocycles. The third-order valence-electron chi connectivity index (χ3n) is 1.29. The fourth-order valence-electron chi connectivity index (χ4n) is 0.711. The summed E-state index contributed by atoms with van der Waals surface area (Å²) in [5.74, 6) is 0.0480. The van der Waals surface area contributed by atoms with Gasteiger partial charge in [-0.2, -0.15) is 0 Å². The van der Waals surface area contributed by atoms with Crippen molar-refractivity contribution >= 4 is 6.29 Å². The molecule has 1 aromatic rings. The molecule has 1 N–H and O–H groups in total. The van der Waals surface area contributed by atoms with Crippen LogP contribution in [0.25, 0.3) is 0 Å². The second-order valence-electron chi connectivity index (χ2n) is 2.07. The summed E-state index contributed by atoms with van der Waals surface area (Å²) in [7, 11) is 0. The topological polar surface area (TPSA) is 37.3 Å². The molecular formula is C8H6FO2. The first-order valence-electron chi connectivity index (χ1n) is 3.04. The second kappa shape index (κ2) is 3.14. The number of halogens is 1. The third-order valence-corrected chi connectivity index (χ3v) is 1.29. The first-order chi connectivity index (χ1) is 5.24. The van der Waals surface area contributed by atoms with E-state index < -0.39 is 6.17 Å². The summed E-state index contributed by atoms with van der Waals surface area (Å²) in [6, 6.07) is 5.31. The van der Waals surface area contributed by atoms with Crippen LogP contribution in [0.2, 0.25) is 0 Å². The maximum absolute atomic E-state index is 12.5. The van der Waals surface area contributed by atoms with Crippen LogP contribution in [0.15, 0.2) is 24.3 Å². The van der Waals surface area contributed by atoms with Gasteiger partial charge in [0.2, 0.25) is 6.29 Å². The number of hydrogen-bond donors (Lipinski definition) is 1. The molecule has 11 heavy (non-hydrogen) atoms. The van der Waals surface area contributed by atoms with E-state index in [4.69, 9.17) is 5.11 Å². The average Bonchev–Trinajstić information content (AvgIpc) is 2.05. The van der Waals surface area contributed by atoms with Crippen molar-refractivity contribution in [3.05, 3.63) is 29.8 Å². The molecule has 0 saturated carbocycles. The molecule has 0 fully saturated rings. The van der Waals surface area contributed by atoms with E-state index in [1.54, 1.807) is 0 Å². The summed E-state index contributed by atoms with van der Waals surface area (Å²) in [4.78, 5) is 9.83. The molecule has 1 radical (unpaired) electrons. The van der Waals surface area contributed by atoms with E-state index in [0.29, 0.717) is 0 Å². The van der Waals surface area contributed by atoms with Crippen molar-refractivity contribution in [2.75, 3.05) is 0 Å². The van der Waals surface area contributed by atoms with Gasteiger partial charge in [0.25, 0.3) is 0 Å². The van der Waals surface area contributed by atoms with Gasteiger partial charge in [-0.3, -0.25) is 4.79 Å². The van der Waals surface area contributed by atoms with Gasteiger partial charge < -0.3 is 5.11 Å². The number of phenols is 1. The minimum Gasteiger partial charge on any atom is -0.508 e. The molecule has 1 unspecified atom stereocenters. The molecule has 0 aliphatic rings. The number of carbonyl (C=O) groups excluding carboxylic acids is 1. The Morgan fingerprint density at radius 2 is 1.91 bits per heavy atom. The van der Waals surface area contributed by atoms with E-state index in [-0.39, 0.29) is 11.3 Å². The van der Waals surface area contributed by atoms with Crippen molar-refractivity contribution in [1.29, 1.82) is 0 Å². The van der Waals surface area contributed by atoms with Crippen LogP contribution >= 0.6 is 0 Å². The smallest absolute Gasteiger partial charge is 0.240 e. The molecule has 57 valence electrons. The first kappa shape index (κ1) is 7.72. The Kier molecular flexibility index (Phi) is 2.21. The molecule has 1 atom stereocenters. The van der Waals surface area contributed by atoms with Gasteiger partial charge in [-0.15, -0.1) is 0 Å². The van der Waals surface area contributed by atoms with Gasteiger partial charge >= 0.3 is 0 Å². The molecule has 0 spiro atoms. The van der Waals surface area contributed by atoms with E-state index in [9.17, 15) is 9.18 Å². The van der Waals surface area contributed by atoms with Crippen molar-refractivity contribution in [3.8, 4) is 5.75 Å². The number of rotatable bonds is 2. The van der Waals surface area contributed by atoms with Crippen molar-refractivity contribution in [3.63, 3.8) is 0 Å². The highest BCUT2D eigenvalue weighted by Crippen LogP contribution is 2.17. The molecule has 0 aliphatic heterocycles. The Labute approximate surface area is 63.3 Å². The quantitative estimate of drug-likeness (QED) is 0.699. The minimum absolute atomic E-state index is 0.0480. The lowest BCUT2D eigenvalue weighted by Gasteiger charge is -1.98. The van der Waals surface area contributed by atoms with Crippen molar-refractivity contribution in [1.82, 2.24) is 0 Å². The highest BCUT2D eigenvalue weighted by Gasteiger charge is 2.07. The molecule has 0 bridgehead atoms. The van der Waals surface area contributed by atoms with Crippen LogP contribution in [0, 0.1) is 0 Å². The van der Waals surface area contributed by atoms with Gasteiger partial charge in [0.05, 0.1) is 0 Å². The normalized spacial score (nSPS) is 12.5. The summed E-state index contributed by atoms with van der Waals surface area (Å²) in [6.45, 7) is 0. The van der Waals surface area contributed by atoms with Gasteiger partial charge in [0.1, 0.15) is 5.75 Å². The van der Waals surface area contributed by atoms with E-state index in [0.717, 1.165) is 0 Å². The molecule has 0 aromatic heterocycles. The van der Waals surface area contributed by atoms with Gasteiger partial charge in [-0.1, -0.05) is 12.1 Å². The molecule has 0 aliphatic carbocycles. The van der Waals surface area contributed by atoms with Crippen LogP contribution < -0.4 is 0 Å². The SMILES string of the molecule is O=[C]C(F)c1ccc(O)cc1. The zero-order valence-corrected chi connectivity index (χ0v) is 5.62. The predicted octanol–water partition coefficient (Wildman–Crippen LogP) is 1.51. The number of alkyl halides is 1. The van der Waals surface area contributed by atoms with Crippen molar-refractivity contribution in [2.24, 2.45) is 0 Å². The van der Waals surface area contributed by atoms with Gasteiger partial charge in [0.15, 0.2) is 6.17 Å². The van der Waals surface area contributed by atoms with Crippen LogP contribution in [0.3, 0.4) is 0 Å². The zero-order chi connectivity index (χ0) is 8.27. The summed E-state index contributed by atoms with van der Waals surface area (Å²) in [5, 5.41) is 8.79. The van der Waals surface area contributed by atoms with Crippen molar-refractivity contribution < 1.29 is 14.3 Å². The Morgan fingerprint density at radius 1 is 1.36 bits per heavy atom. The zero-order valence-electron chi connectivity index (χ0n) is 5.62. The van der Waals surface area contributed by atoms with Crippen molar-refractivity contribution in [2.45, 2.75) is 6.17 Å². The van der Waals surface area contributed by atoms with Crippen LogP contribution in [0.4, 0.5) is 4.39 Å². The van der Waals surface area contributed by atoms with E-state index >= 15 is 0 Å². The van der Waals surface area contributed by atoms with Gasteiger partial charge in [-0.25, -0.2) is 4.39 Å². The molecule has 0 heterocycles. The molecule has 2 nitrogen and oxygen atoms in total. The Bertz CT molecular complexity index is 243. The van der Waals surface area contributed by atoms with Crippen LogP contribution in [0.5, 0.6) is 5.75 Å². The Morgan fingerprint density at radius 3 is 2.36 bits per heavy atom. The van der Waals surface area contributed by atoms with Crippen LogP contribution in [0.1, 0.15) is 11.7 Å². The predicted molar refractivity (Wildman–Crippen MR) is 37.6 cm³/mol. The lowest BCUT2D eigenvalue weighted by molar-refractivity contribution is 0.408. The maximum Gasteiger partial charge on any atom is 0.240 e. The summed E-state index contributed by atoms with van der Waals surface area (Å²) in [5.41, 5.74) is 0.206. The fraction of sp³-hybridized carbons (Fsp3) is 0.125. The lowest BCUT2D eigenvalue weighted by Crippen LogP contribution is -1.90. The number of hydrogen-bond acceptors (Lipinski definition) is 2. The fourth-order valence-corrected chi connectivity index (χ4v) is 0.711. The minimum atomic E-state index is -1.71. The van der Waals surface area contributed by atoms with Crippen LogP contribution in [-0.2, 0) is 4.79 Å². The number of benzene rings is 1. The van der Waals surface area contributed by atoms with E-state index in [1.807, 2.05) is 0 Å². The standard InChI is InChI=1S/C8H6FO2/c9-8(5-10)6-1-3-7(11)4-2-6/h1-4,8,11H. The lowest BCUT2D eigenvalue weighted by atomic mass is 10.1. The molecule has 1 rings (SSSR count). The summed E-state index contributed by atoms with van der Waals surface area (Å²) in [6.07, 6.45) is -0.510.